The standard InChI is InChI=1S/C26H37FN2O4/c1-5-7-8-22(6-2)26(31)28(15-16-32-4)19-25(30)29(18-24-14-9-20(3)33-24)17-21-10-12-23(27)13-11-21/h9-14,22H,5-8,15-19H2,1-4H3/t22-/m0/s1. The number of amides is 2. The van der Waals surface area contributed by atoms with Crippen LogP contribution in [-0.4, -0.2) is 48.4 Å². The summed E-state index contributed by atoms with van der Waals surface area (Å²) in [6, 6.07) is 9.77. The molecule has 1 heterocycles. The Balaban J connectivity index is 2.20. The zero-order chi connectivity index (χ0) is 24.2. The second-order valence-electron chi connectivity index (χ2n) is 8.39. The molecular formula is C26H37FN2O4. The summed E-state index contributed by atoms with van der Waals surface area (Å²) in [6.45, 7) is 7.20. The van der Waals surface area contributed by atoms with Gasteiger partial charge in [-0.1, -0.05) is 38.8 Å². The van der Waals surface area contributed by atoms with E-state index in [2.05, 4.69) is 6.92 Å². The summed E-state index contributed by atoms with van der Waals surface area (Å²) < 4.78 is 24.2. The molecule has 0 aliphatic heterocycles. The maximum Gasteiger partial charge on any atom is 0.242 e. The Morgan fingerprint density at radius 2 is 1.79 bits per heavy atom. The van der Waals surface area contributed by atoms with Crippen LogP contribution in [0.25, 0.3) is 0 Å². The molecule has 1 aromatic heterocycles. The summed E-state index contributed by atoms with van der Waals surface area (Å²) in [6.07, 6.45) is 3.55. The number of unbranched alkanes of at least 4 members (excludes halogenated alkanes) is 1. The third-order valence-corrected chi connectivity index (χ3v) is 5.73. The summed E-state index contributed by atoms with van der Waals surface area (Å²) in [5.74, 6) is 0.792. The molecule has 6 nitrogen and oxygen atoms in total. The highest BCUT2D eigenvalue weighted by molar-refractivity contribution is 5.86. The number of rotatable bonds is 14. The molecular weight excluding hydrogens is 423 g/mol. The SMILES string of the molecule is CCCC[C@H](CC)C(=O)N(CCOC)CC(=O)N(Cc1ccc(F)cc1)Cc1ccc(C)o1. The number of furan rings is 1. The predicted molar refractivity (Wildman–Crippen MR) is 126 cm³/mol. The molecule has 0 radical (unpaired) electrons. The van der Waals surface area contributed by atoms with E-state index in [1.807, 2.05) is 26.0 Å². The van der Waals surface area contributed by atoms with E-state index < -0.39 is 0 Å². The van der Waals surface area contributed by atoms with E-state index in [0.29, 0.717) is 18.9 Å². The number of methoxy groups -OCH3 is 1. The van der Waals surface area contributed by atoms with Crippen LogP contribution in [0.1, 0.15) is 56.6 Å². The maximum absolute atomic E-state index is 13.4. The normalized spacial score (nSPS) is 11.9. The minimum atomic E-state index is -0.327. The first-order chi connectivity index (χ1) is 15.9. The van der Waals surface area contributed by atoms with Gasteiger partial charge in [0.25, 0.3) is 0 Å². The van der Waals surface area contributed by atoms with Gasteiger partial charge in [0, 0.05) is 26.1 Å². The molecule has 0 saturated heterocycles. The Kier molecular flexibility index (Phi) is 11.1. The molecule has 0 aliphatic rings. The van der Waals surface area contributed by atoms with Gasteiger partial charge in [-0.05, 0) is 49.6 Å². The number of aryl methyl sites for hydroxylation is 1. The molecule has 33 heavy (non-hydrogen) atoms. The number of halogens is 1. The predicted octanol–water partition coefficient (Wildman–Crippen LogP) is 4.95. The Labute approximate surface area is 196 Å². The topological polar surface area (TPSA) is 63.0 Å². The average molecular weight is 461 g/mol. The molecule has 0 unspecified atom stereocenters. The Morgan fingerprint density at radius 1 is 1.06 bits per heavy atom. The van der Waals surface area contributed by atoms with Crippen LogP contribution in [0.2, 0.25) is 0 Å². The summed E-state index contributed by atoms with van der Waals surface area (Å²) in [7, 11) is 1.58. The Bertz CT molecular complexity index is 865. The van der Waals surface area contributed by atoms with Crippen LogP contribution in [0, 0.1) is 18.7 Å². The lowest BCUT2D eigenvalue weighted by Gasteiger charge is -2.29. The van der Waals surface area contributed by atoms with Crippen molar-refractivity contribution < 1.29 is 23.1 Å². The van der Waals surface area contributed by atoms with Crippen LogP contribution in [-0.2, 0) is 27.4 Å². The van der Waals surface area contributed by atoms with Gasteiger partial charge in [0.05, 0.1) is 19.7 Å². The van der Waals surface area contributed by atoms with Crippen LogP contribution in [0.3, 0.4) is 0 Å². The highest BCUT2D eigenvalue weighted by Crippen LogP contribution is 2.18. The smallest absolute Gasteiger partial charge is 0.242 e. The molecule has 2 amide bonds. The van der Waals surface area contributed by atoms with Crippen molar-refractivity contribution >= 4 is 11.8 Å². The number of carbonyl (C=O) groups excluding carboxylic acids is 2. The van der Waals surface area contributed by atoms with Gasteiger partial charge in [0.1, 0.15) is 17.3 Å². The zero-order valence-electron chi connectivity index (χ0n) is 20.3. The molecule has 2 rings (SSSR count). The van der Waals surface area contributed by atoms with Crippen molar-refractivity contribution in [2.45, 2.75) is 59.5 Å². The van der Waals surface area contributed by atoms with Crippen LogP contribution < -0.4 is 0 Å². The van der Waals surface area contributed by atoms with E-state index in [1.165, 1.54) is 12.1 Å². The quantitative estimate of drug-likeness (QED) is 0.400. The molecule has 1 aromatic carbocycles. The Morgan fingerprint density at radius 3 is 2.36 bits per heavy atom. The average Bonchev–Trinajstić information content (AvgIpc) is 3.22. The monoisotopic (exact) mass is 460 g/mol. The molecule has 0 N–H and O–H groups in total. The number of benzene rings is 1. The minimum Gasteiger partial charge on any atom is -0.464 e. The molecule has 2 aromatic rings. The fourth-order valence-corrected chi connectivity index (χ4v) is 3.74. The van der Waals surface area contributed by atoms with Crippen molar-refractivity contribution in [1.82, 2.24) is 9.80 Å². The van der Waals surface area contributed by atoms with Crippen molar-refractivity contribution in [1.29, 1.82) is 0 Å². The summed E-state index contributed by atoms with van der Waals surface area (Å²) in [4.78, 5) is 29.9. The van der Waals surface area contributed by atoms with Crippen LogP contribution in [0.15, 0.2) is 40.8 Å². The first-order valence-electron chi connectivity index (χ1n) is 11.7. The largest absolute Gasteiger partial charge is 0.464 e. The van der Waals surface area contributed by atoms with Crippen molar-refractivity contribution in [3.05, 3.63) is 59.3 Å². The van der Waals surface area contributed by atoms with Gasteiger partial charge in [-0.2, -0.15) is 0 Å². The number of carbonyl (C=O) groups is 2. The first kappa shape index (κ1) is 26.6. The molecule has 1 atom stereocenters. The third-order valence-electron chi connectivity index (χ3n) is 5.73. The summed E-state index contributed by atoms with van der Waals surface area (Å²) >= 11 is 0. The van der Waals surface area contributed by atoms with Crippen molar-refractivity contribution in [3.8, 4) is 0 Å². The maximum atomic E-state index is 13.4. The van der Waals surface area contributed by atoms with Crippen molar-refractivity contribution in [2.75, 3.05) is 26.8 Å². The van der Waals surface area contributed by atoms with Gasteiger partial charge >= 0.3 is 0 Å². The lowest BCUT2D eigenvalue weighted by Crippen LogP contribution is -2.45. The van der Waals surface area contributed by atoms with Crippen LogP contribution >= 0.6 is 0 Å². The van der Waals surface area contributed by atoms with Crippen molar-refractivity contribution in [3.63, 3.8) is 0 Å². The number of hydrogen-bond donors (Lipinski definition) is 0. The van der Waals surface area contributed by atoms with E-state index >= 15 is 0 Å². The fourth-order valence-electron chi connectivity index (χ4n) is 3.74. The van der Waals surface area contributed by atoms with E-state index in [1.54, 1.807) is 29.0 Å². The summed E-state index contributed by atoms with van der Waals surface area (Å²) in [5.41, 5.74) is 0.803. The third kappa shape index (κ3) is 8.65. The van der Waals surface area contributed by atoms with Crippen LogP contribution in [0.4, 0.5) is 4.39 Å². The zero-order valence-corrected chi connectivity index (χ0v) is 20.3. The van der Waals surface area contributed by atoms with E-state index in [0.717, 1.165) is 37.0 Å². The Hall–Kier alpha value is -2.67. The second-order valence-corrected chi connectivity index (χ2v) is 8.39. The van der Waals surface area contributed by atoms with Crippen LogP contribution in [0.5, 0.6) is 0 Å². The number of nitrogens with zero attached hydrogens (tertiary/aromatic N) is 2. The minimum absolute atomic E-state index is 0.00748. The van der Waals surface area contributed by atoms with Gasteiger partial charge in [0.15, 0.2) is 0 Å². The first-order valence-corrected chi connectivity index (χ1v) is 11.7. The molecule has 0 bridgehead atoms. The van der Waals surface area contributed by atoms with Gasteiger partial charge < -0.3 is 19.0 Å². The number of hydrogen-bond acceptors (Lipinski definition) is 4. The molecule has 0 fully saturated rings. The molecule has 0 spiro atoms. The van der Waals surface area contributed by atoms with Gasteiger partial charge in [-0.3, -0.25) is 9.59 Å². The highest BCUT2D eigenvalue weighted by Gasteiger charge is 2.26. The lowest BCUT2D eigenvalue weighted by atomic mass is 9.97. The second kappa shape index (κ2) is 13.8. The lowest BCUT2D eigenvalue weighted by molar-refractivity contribution is -0.144. The molecule has 0 aliphatic carbocycles. The fraction of sp³-hybridized carbons (Fsp3) is 0.538. The van der Waals surface area contributed by atoms with Gasteiger partial charge in [-0.25, -0.2) is 4.39 Å². The van der Waals surface area contributed by atoms with E-state index in [4.69, 9.17) is 9.15 Å². The number of ether oxygens (including phenoxy) is 1. The summed E-state index contributed by atoms with van der Waals surface area (Å²) in [5, 5.41) is 0. The molecule has 182 valence electrons. The van der Waals surface area contributed by atoms with E-state index in [-0.39, 0.29) is 43.2 Å². The highest BCUT2D eigenvalue weighted by atomic mass is 19.1. The molecule has 7 heteroatoms. The van der Waals surface area contributed by atoms with E-state index in [9.17, 15) is 14.0 Å². The van der Waals surface area contributed by atoms with Crippen molar-refractivity contribution in [2.24, 2.45) is 5.92 Å². The van der Waals surface area contributed by atoms with Gasteiger partial charge in [-0.15, -0.1) is 0 Å². The van der Waals surface area contributed by atoms with Gasteiger partial charge in [0.2, 0.25) is 11.8 Å². The molecule has 0 saturated carbocycles.